The third-order valence-corrected chi connectivity index (χ3v) is 2.07. The van der Waals surface area contributed by atoms with Crippen LogP contribution in [0.15, 0.2) is 24.3 Å². The highest BCUT2D eigenvalue weighted by atomic mass is 16.5. The third-order valence-electron chi connectivity index (χ3n) is 2.07. The highest BCUT2D eigenvalue weighted by Crippen LogP contribution is 2.20. The molecule has 0 saturated carbocycles. The van der Waals surface area contributed by atoms with E-state index >= 15 is 0 Å². The Morgan fingerprint density at radius 2 is 2.19 bits per heavy atom. The first kappa shape index (κ1) is 12.3. The molecule has 0 radical (unpaired) electrons. The Hall–Kier alpha value is -1.77. The molecule has 0 aliphatic carbocycles. The van der Waals surface area contributed by atoms with Crippen molar-refractivity contribution in [2.75, 3.05) is 13.7 Å². The van der Waals surface area contributed by atoms with Gasteiger partial charge in [-0.2, -0.15) is 0 Å². The number of hydrogen-bond acceptors (Lipinski definition) is 3. The molecular formula is C13H16O3. The highest BCUT2D eigenvalue weighted by Gasteiger charge is 2.00. The van der Waals surface area contributed by atoms with Crippen molar-refractivity contribution in [2.45, 2.75) is 13.8 Å². The van der Waals surface area contributed by atoms with E-state index in [1.165, 1.54) is 6.08 Å². The number of hydrogen-bond donors (Lipinski definition) is 0. The molecule has 0 spiro atoms. The lowest BCUT2D eigenvalue weighted by Crippen LogP contribution is -1.98. The third kappa shape index (κ3) is 3.42. The predicted molar refractivity (Wildman–Crippen MR) is 63.4 cm³/mol. The summed E-state index contributed by atoms with van der Waals surface area (Å²) in [4.78, 5) is 11.2. The van der Waals surface area contributed by atoms with Crippen molar-refractivity contribution < 1.29 is 14.3 Å². The van der Waals surface area contributed by atoms with Crippen LogP contribution in [0.5, 0.6) is 5.75 Å². The summed E-state index contributed by atoms with van der Waals surface area (Å²) in [7, 11) is 1.60. The lowest BCUT2D eigenvalue weighted by Gasteiger charge is -2.05. The molecule has 0 aromatic heterocycles. The van der Waals surface area contributed by atoms with E-state index in [4.69, 9.17) is 9.47 Å². The van der Waals surface area contributed by atoms with Gasteiger partial charge in [0.05, 0.1) is 13.7 Å². The first-order valence-electron chi connectivity index (χ1n) is 5.17. The second-order valence-corrected chi connectivity index (χ2v) is 3.33. The van der Waals surface area contributed by atoms with E-state index in [0.29, 0.717) is 6.61 Å². The second kappa shape index (κ2) is 5.95. The molecule has 0 heterocycles. The Kier molecular flexibility index (Phi) is 4.58. The van der Waals surface area contributed by atoms with Gasteiger partial charge in [0.15, 0.2) is 0 Å². The van der Waals surface area contributed by atoms with Gasteiger partial charge in [-0.25, -0.2) is 4.79 Å². The van der Waals surface area contributed by atoms with Crippen LogP contribution in [0.25, 0.3) is 6.08 Å². The van der Waals surface area contributed by atoms with Gasteiger partial charge in [-0.3, -0.25) is 0 Å². The molecule has 0 aliphatic rings. The summed E-state index contributed by atoms with van der Waals surface area (Å²) in [6.45, 7) is 4.15. The van der Waals surface area contributed by atoms with E-state index in [1.807, 2.05) is 25.1 Å². The highest BCUT2D eigenvalue weighted by molar-refractivity contribution is 5.87. The molecule has 0 atom stereocenters. The summed E-state index contributed by atoms with van der Waals surface area (Å²) in [5.41, 5.74) is 1.99. The zero-order valence-corrected chi connectivity index (χ0v) is 9.82. The summed E-state index contributed by atoms with van der Waals surface area (Å²) in [5.74, 6) is 0.400. The zero-order chi connectivity index (χ0) is 12.0. The van der Waals surface area contributed by atoms with Crippen LogP contribution in [0, 0.1) is 6.92 Å². The number of esters is 1. The molecule has 0 N–H and O–H groups in total. The molecule has 86 valence electrons. The Morgan fingerprint density at radius 1 is 1.44 bits per heavy atom. The molecule has 16 heavy (non-hydrogen) atoms. The van der Waals surface area contributed by atoms with Crippen LogP contribution in [0.2, 0.25) is 0 Å². The van der Waals surface area contributed by atoms with Gasteiger partial charge in [-0.1, -0.05) is 11.6 Å². The maximum absolute atomic E-state index is 11.2. The molecule has 0 aliphatic heterocycles. The van der Waals surface area contributed by atoms with E-state index in [9.17, 15) is 4.79 Å². The first-order chi connectivity index (χ1) is 7.67. The van der Waals surface area contributed by atoms with Crippen molar-refractivity contribution in [2.24, 2.45) is 0 Å². The van der Waals surface area contributed by atoms with E-state index in [1.54, 1.807) is 20.1 Å². The van der Waals surface area contributed by atoms with Crippen LogP contribution in [0.3, 0.4) is 0 Å². The fourth-order valence-corrected chi connectivity index (χ4v) is 1.33. The summed E-state index contributed by atoms with van der Waals surface area (Å²) in [6.07, 6.45) is 3.10. The molecule has 1 rings (SSSR count). The maximum Gasteiger partial charge on any atom is 0.330 e. The van der Waals surface area contributed by atoms with Crippen LogP contribution in [0.1, 0.15) is 18.1 Å². The number of rotatable bonds is 4. The van der Waals surface area contributed by atoms with Gasteiger partial charge in [-0.05, 0) is 32.1 Å². The van der Waals surface area contributed by atoms with Gasteiger partial charge in [0.25, 0.3) is 0 Å². The fourth-order valence-electron chi connectivity index (χ4n) is 1.33. The number of aryl methyl sites for hydroxylation is 1. The second-order valence-electron chi connectivity index (χ2n) is 3.33. The topological polar surface area (TPSA) is 35.5 Å². The van der Waals surface area contributed by atoms with Crippen molar-refractivity contribution in [3.8, 4) is 5.75 Å². The summed E-state index contributed by atoms with van der Waals surface area (Å²) >= 11 is 0. The molecule has 0 unspecified atom stereocenters. The predicted octanol–water partition coefficient (Wildman–Crippen LogP) is 2.58. The number of carbonyl (C=O) groups excluding carboxylic acids is 1. The summed E-state index contributed by atoms with van der Waals surface area (Å²) < 4.78 is 9.99. The van der Waals surface area contributed by atoms with Crippen molar-refractivity contribution in [1.82, 2.24) is 0 Å². The Labute approximate surface area is 95.7 Å². The molecule has 1 aromatic carbocycles. The zero-order valence-electron chi connectivity index (χ0n) is 9.82. The van der Waals surface area contributed by atoms with E-state index in [2.05, 4.69) is 0 Å². The van der Waals surface area contributed by atoms with Crippen molar-refractivity contribution >= 4 is 12.0 Å². The molecule has 0 saturated heterocycles. The average Bonchev–Trinajstić information content (AvgIpc) is 2.27. The number of carbonyl (C=O) groups is 1. The van der Waals surface area contributed by atoms with Gasteiger partial charge < -0.3 is 9.47 Å². The van der Waals surface area contributed by atoms with Crippen LogP contribution in [0.4, 0.5) is 0 Å². The quantitative estimate of drug-likeness (QED) is 0.578. The normalized spacial score (nSPS) is 10.4. The van der Waals surface area contributed by atoms with Crippen LogP contribution in [-0.4, -0.2) is 19.7 Å². The molecular weight excluding hydrogens is 204 g/mol. The molecule has 3 heteroatoms. The van der Waals surface area contributed by atoms with Gasteiger partial charge in [-0.15, -0.1) is 0 Å². The molecule has 3 nitrogen and oxygen atoms in total. The molecule has 1 aromatic rings. The van der Waals surface area contributed by atoms with E-state index < -0.39 is 0 Å². The first-order valence-corrected chi connectivity index (χ1v) is 5.17. The minimum absolute atomic E-state index is 0.342. The molecule has 0 fully saturated rings. The standard InChI is InChI=1S/C13H16O3/c1-4-16-13(14)8-6-11-9-10(2)5-7-12(11)15-3/h5-9H,4H2,1-3H3. The summed E-state index contributed by atoms with van der Waals surface area (Å²) in [6, 6.07) is 5.79. The van der Waals surface area contributed by atoms with Gasteiger partial charge >= 0.3 is 5.97 Å². The van der Waals surface area contributed by atoms with Crippen LogP contribution < -0.4 is 4.74 Å². The Morgan fingerprint density at radius 3 is 2.81 bits per heavy atom. The smallest absolute Gasteiger partial charge is 0.330 e. The number of methoxy groups -OCH3 is 1. The molecule has 0 bridgehead atoms. The molecule has 0 amide bonds. The minimum Gasteiger partial charge on any atom is -0.496 e. The van der Waals surface area contributed by atoms with Crippen molar-refractivity contribution in [3.05, 3.63) is 35.4 Å². The number of ether oxygens (including phenoxy) is 2. The fraction of sp³-hybridized carbons (Fsp3) is 0.308. The lowest BCUT2D eigenvalue weighted by atomic mass is 10.1. The van der Waals surface area contributed by atoms with E-state index in [0.717, 1.165) is 16.9 Å². The van der Waals surface area contributed by atoms with Crippen LogP contribution >= 0.6 is 0 Å². The lowest BCUT2D eigenvalue weighted by molar-refractivity contribution is -0.137. The SMILES string of the molecule is CCOC(=O)C=Cc1cc(C)ccc1OC. The van der Waals surface area contributed by atoms with Crippen molar-refractivity contribution in [1.29, 1.82) is 0 Å². The van der Waals surface area contributed by atoms with Gasteiger partial charge in [0.2, 0.25) is 0 Å². The monoisotopic (exact) mass is 220 g/mol. The van der Waals surface area contributed by atoms with Gasteiger partial charge in [0.1, 0.15) is 5.75 Å². The largest absolute Gasteiger partial charge is 0.496 e. The minimum atomic E-state index is -0.342. The Balaban J connectivity index is 2.86. The average molecular weight is 220 g/mol. The summed E-state index contributed by atoms with van der Waals surface area (Å²) in [5, 5.41) is 0. The Bertz CT molecular complexity index is 394. The van der Waals surface area contributed by atoms with Crippen LogP contribution in [-0.2, 0) is 9.53 Å². The number of benzene rings is 1. The van der Waals surface area contributed by atoms with Gasteiger partial charge in [0, 0.05) is 11.6 Å². The van der Waals surface area contributed by atoms with Crippen molar-refractivity contribution in [3.63, 3.8) is 0 Å². The van der Waals surface area contributed by atoms with E-state index in [-0.39, 0.29) is 5.97 Å². The maximum atomic E-state index is 11.2.